The van der Waals surface area contributed by atoms with Crippen LogP contribution in [0.15, 0.2) is 30.0 Å². The lowest BCUT2D eigenvalue weighted by Crippen LogP contribution is -2.41. The zero-order chi connectivity index (χ0) is 21.3. The number of alkyl halides is 3. The molecule has 1 aliphatic heterocycles. The Labute approximate surface area is 164 Å². The van der Waals surface area contributed by atoms with Gasteiger partial charge >= 0.3 is 13.3 Å². The molecule has 156 valence electrons. The summed E-state index contributed by atoms with van der Waals surface area (Å²) in [5.41, 5.74) is -2.33. The van der Waals surface area contributed by atoms with E-state index in [0.717, 1.165) is 12.1 Å². The van der Waals surface area contributed by atoms with E-state index in [-0.39, 0.29) is 24.7 Å². The lowest BCUT2D eigenvalue weighted by molar-refractivity contribution is -0.137. The van der Waals surface area contributed by atoms with Crippen LogP contribution >= 0.6 is 0 Å². The standard InChI is InChI=1S/C20H27BF4O3/c1-13(2)26-12-11-16(14-7-9-15(10-8-14)20(23,24)25)17(22)21-27-18(3,4)19(5,6)28-21/h7-10,13H,11-12H2,1-6H3. The van der Waals surface area contributed by atoms with E-state index < -0.39 is 35.8 Å². The van der Waals surface area contributed by atoms with E-state index in [2.05, 4.69) is 0 Å². The molecule has 1 heterocycles. The van der Waals surface area contributed by atoms with Gasteiger partial charge in [0.25, 0.3) is 0 Å². The van der Waals surface area contributed by atoms with Crippen LogP contribution in [0.5, 0.6) is 0 Å². The zero-order valence-electron chi connectivity index (χ0n) is 17.1. The van der Waals surface area contributed by atoms with Crippen molar-refractivity contribution in [2.75, 3.05) is 6.61 Å². The highest BCUT2D eigenvalue weighted by Crippen LogP contribution is 2.41. The maximum absolute atomic E-state index is 15.4. The first-order valence-corrected chi connectivity index (χ1v) is 9.28. The van der Waals surface area contributed by atoms with E-state index in [0.29, 0.717) is 5.56 Å². The molecule has 1 aromatic carbocycles. The molecule has 0 spiro atoms. The van der Waals surface area contributed by atoms with Gasteiger partial charge < -0.3 is 14.0 Å². The molecule has 3 nitrogen and oxygen atoms in total. The molecular formula is C20H27BF4O3. The summed E-state index contributed by atoms with van der Waals surface area (Å²) in [5, 5.41) is 0. The Morgan fingerprint density at radius 3 is 1.96 bits per heavy atom. The minimum atomic E-state index is -4.45. The third-order valence-corrected chi connectivity index (χ3v) is 5.11. The molecule has 0 amide bonds. The third kappa shape index (κ3) is 5.16. The highest BCUT2D eigenvalue weighted by molar-refractivity contribution is 6.55. The van der Waals surface area contributed by atoms with Gasteiger partial charge in [-0.3, -0.25) is 0 Å². The molecule has 1 aromatic rings. The average molecular weight is 402 g/mol. The number of rotatable bonds is 6. The molecule has 0 bridgehead atoms. The lowest BCUT2D eigenvalue weighted by atomic mass is 9.81. The smallest absolute Gasteiger partial charge is 0.398 e. The lowest BCUT2D eigenvalue weighted by Gasteiger charge is -2.32. The minimum absolute atomic E-state index is 0.0474. The van der Waals surface area contributed by atoms with E-state index in [1.165, 1.54) is 12.1 Å². The Hall–Kier alpha value is -1.38. The van der Waals surface area contributed by atoms with Crippen LogP contribution in [0.3, 0.4) is 0 Å². The first kappa shape index (κ1) is 22.9. The van der Waals surface area contributed by atoms with Crippen LogP contribution in [-0.2, 0) is 20.2 Å². The molecular weight excluding hydrogens is 375 g/mol. The summed E-state index contributed by atoms with van der Waals surface area (Å²) < 4.78 is 70.9. The van der Waals surface area contributed by atoms with Gasteiger partial charge in [0.05, 0.1) is 29.5 Å². The van der Waals surface area contributed by atoms with E-state index in [9.17, 15) is 13.2 Å². The maximum atomic E-state index is 15.4. The fourth-order valence-corrected chi connectivity index (χ4v) is 2.75. The summed E-state index contributed by atoms with van der Waals surface area (Å²) in [6, 6.07) is 4.41. The van der Waals surface area contributed by atoms with Crippen molar-refractivity contribution in [1.29, 1.82) is 0 Å². The molecule has 1 saturated heterocycles. The molecule has 8 heteroatoms. The highest BCUT2D eigenvalue weighted by Gasteiger charge is 2.53. The van der Waals surface area contributed by atoms with Crippen molar-refractivity contribution in [1.82, 2.24) is 0 Å². The van der Waals surface area contributed by atoms with Crippen LogP contribution in [0.25, 0.3) is 5.57 Å². The van der Waals surface area contributed by atoms with Crippen LogP contribution in [0, 0.1) is 0 Å². The Morgan fingerprint density at radius 2 is 1.54 bits per heavy atom. The second-order valence-electron chi connectivity index (χ2n) is 8.16. The number of benzene rings is 1. The van der Waals surface area contributed by atoms with Gasteiger partial charge in [0, 0.05) is 0 Å². The maximum Gasteiger partial charge on any atom is 0.525 e. The summed E-state index contributed by atoms with van der Waals surface area (Å²) in [6.07, 6.45) is -4.32. The fourth-order valence-electron chi connectivity index (χ4n) is 2.75. The summed E-state index contributed by atoms with van der Waals surface area (Å²) in [7, 11) is -1.22. The molecule has 0 aliphatic carbocycles. The molecule has 0 N–H and O–H groups in total. The SMILES string of the molecule is CC(C)OCCC(=C(F)B1OC(C)(C)C(C)(C)O1)c1ccc(C(F)(F)F)cc1. The van der Waals surface area contributed by atoms with Crippen molar-refractivity contribution >= 4 is 12.7 Å². The van der Waals surface area contributed by atoms with Crippen molar-refractivity contribution in [2.24, 2.45) is 0 Å². The molecule has 28 heavy (non-hydrogen) atoms. The van der Waals surface area contributed by atoms with Crippen molar-refractivity contribution in [3.63, 3.8) is 0 Å². The number of halogens is 4. The number of ether oxygens (including phenoxy) is 1. The van der Waals surface area contributed by atoms with E-state index in [4.69, 9.17) is 14.0 Å². The quantitative estimate of drug-likeness (QED) is 0.443. The predicted molar refractivity (Wildman–Crippen MR) is 101 cm³/mol. The van der Waals surface area contributed by atoms with Crippen molar-refractivity contribution in [3.8, 4) is 0 Å². The summed E-state index contributed by atoms with van der Waals surface area (Å²) in [6.45, 7) is 11.2. The molecule has 0 atom stereocenters. The van der Waals surface area contributed by atoms with E-state index >= 15 is 4.39 Å². The number of hydrogen-bond donors (Lipinski definition) is 0. The highest BCUT2D eigenvalue weighted by atomic mass is 19.4. The van der Waals surface area contributed by atoms with E-state index in [1.54, 1.807) is 27.7 Å². The minimum Gasteiger partial charge on any atom is -0.398 e. The average Bonchev–Trinajstić information content (AvgIpc) is 2.78. The molecule has 2 rings (SSSR count). The van der Waals surface area contributed by atoms with Crippen LogP contribution in [0.4, 0.5) is 17.6 Å². The molecule has 1 fully saturated rings. The first-order valence-electron chi connectivity index (χ1n) is 9.28. The van der Waals surface area contributed by atoms with Crippen LogP contribution in [0.1, 0.15) is 59.1 Å². The van der Waals surface area contributed by atoms with Gasteiger partial charge in [-0.05, 0) is 71.2 Å². The Kier molecular flexibility index (Phi) is 6.68. The molecule has 0 saturated carbocycles. The van der Waals surface area contributed by atoms with Crippen molar-refractivity contribution in [2.45, 2.75) is 71.4 Å². The third-order valence-electron chi connectivity index (χ3n) is 5.11. The second kappa shape index (κ2) is 8.16. The van der Waals surface area contributed by atoms with Gasteiger partial charge in [0.15, 0.2) is 0 Å². The zero-order valence-corrected chi connectivity index (χ0v) is 17.1. The van der Waals surface area contributed by atoms with Crippen LogP contribution < -0.4 is 0 Å². The Balaban J connectivity index is 2.37. The molecule has 0 radical (unpaired) electrons. The van der Waals surface area contributed by atoms with Crippen molar-refractivity contribution < 1.29 is 31.6 Å². The number of hydrogen-bond acceptors (Lipinski definition) is 3. The first-order chi connectivity index (χ1) is 12.7. The summed E-state index contributed by atoms with van der Waals surface area (Å²) >= 11 is 0. The van der Waals surface area contributed by atoms with Gasteiger partial charge in [-0.25, -0.2) is 4.39 Å². The molecule has 0 aromatic heterocycles. The topological polar surface area (TPSA) is 27.7 Å². The Bertz CT molecular complexity index is 693. The van der Waals surface area contributed by atoms with Crippen LogP contribution in [-0.4, -0.2) is 31.0 Å². The van der Waals surface area contributed by atoms with Gasteiger partial charge in [-0.15, -0.1) is 0 Å². The fraction of sp³-hybridized carbons (Fsp3) is 0.600. The van der Waals surface area contributed by atoms with Gasteiger partial charge in [-0.1, -0.05) is 12.1 Å². The second-order valence-corrected chi connectivity index (χ2v) is 8.16. The molecule has 0 unspecified atom stereocenters. The van der Waals surface area contributed by atoms with Gasteiger partial charge in [-0.2, -0.15) is 13.2 Å². The summed E-state index contributed by atoms with van der Waals surface area (Å²) in [5.74, 6) is 0. The Morgan fingerprint density at radius 1 is 1.04 bits per heavy atom. The van der Waals surface area contributed by atoms with Crippen LogP contribution in [0.2, 0.25) is 0 Å². The predicted octanol–water partition coefficient (Wildman–Crippen LogP) is 5.83. The monoisotopic (exact) mass is 402 g/mol. The largest absolute Gasteiger partial charge is 0.525 e. The van der Waals surface area contributed by atoms with Gasteiger partial charge in [0.2, 0.25) is 0 Å². The van der Waals surface area contributed by atoms with E-state index in [1.807, 2.05) is 13.8 Å². The molecule has 1 aliphatic rings. The normalized spacial score (nSPS) is 19.9. The van der Waals surface area contributed by atoms with Gasteiger partial charge in [0.1, 0.15) is 5.73 Å². The summed E-state index contributed by atoms with van der Waals surface area (Å²) in [4.78, 5) is 0. The van der Waals surface area contributed by atoms with Crippen molar-refractivity contribution in [3.05, 3.63) is 41.1 Å².